The normalized spacial score (nSPS) is 13.6. The van der Waals surface area contributed by atoms with Gasteiger partial charge >= 0.3 is 0 Å². The van der Waals surface area contributed by atoms with Crippen LogP contribution in [0.15, 0.2) is 35.7 Å². The van der Waals surface area contributed by atoms with Crippen LogP contribution in [0.2, 0.25) is 0 Å². The number of benzene rings is 1. The summed E-state index contributed by atoms with van der Waals surface area (Å²) in [4.78, 5) is 12.4. The lowest BCUT2D eigenvalue weighted by Crippen LogP contribution is -2.22. The highest BCUT2D eigenvalue weighted by atomic mass is 32.1. The Bertz CT molecular complexity index is 813. The van der Waals surface area contributed by atoms with Crippen molar-refractivity contribution in [2.45, 2.75) is 19.5 Å². The van der Waals surface area contributed by atoms with Gasteiger partial charge in [0.15, 0.2) is 0 Å². The van der Waals surface area contributed by atoms with Gasteiger partial charge in [0.25, 0.3) is 5.91 Å². The molecule has 0 aliphatic carbocycles. The molecule has 1 N–H and O–H groups in total. The minimum Gasteiger partial charge on any atom is -0.478 e. The topological polar surface area (TPSA) is 56.2 Å². The van der Waals surface area contributed by atoms with Crippen molar-refractivity contribution in [2.75, 3.05) is 6.61 Å². The number of thiophene rings is 1. The lowest BCUT2D eigenvalue weighted by atomic mass is 10.1. The van der Waals surface area contributed by atoms with Crippen LogP contribution in [0.25, 0.3) is 10.1 Å². The Morgan fingerprint density at radius 1 is 1.41 bits per heavy atom. The minimum atomic E-state index is -0.0654. The molecule has 112 valence electrons. The van der Waals surface area contributed by atoms with E-state index in [4.69, 9.17) is 4.74 Å². The van der Waals surface area contributed by atoms with Crippen molar-refractivity contribution < 1.29 is 9.53 Å². The second-order valence-electron chi connectivity index (χ2n) is 5.23. The average Bonchev–Trinajstić information content (AvgIpc) is 3.16. The van der Waals surface area contributed by atoms with Crippen LogP contribution in [-0.2, 0) is 13.1 Å². The molecule has 0 atom stereocenters. The molecule has 3 heterocycles. The average molecular weight is 313 g/mol. The molecule has 22 heavy (non-hydrogen) atoms. The van der Waals surface area contributed by atoms with Crippen molar-refractivity contribution in [3.05, 3.63) is 47.0 Å². The highest BCUT2D eigenvalue weighted by Gasteiger charge is 2.15. The SMILES string of the molecule is O=C(NCc1cc2n(n1)CCCO2)c1csc2ccccc12. The van der Waals surface area contributed by atoms with Crippen LogP contribution in [0.4, 0.5) is 0 Å². The largest absolute Gasteiger partial charge is 0.478 e. The number of ether oxygens (including phenoxy) is 1. The number of rotatable bonds is 3. The van der Waals surface area contributed by atoms with E-state index in [0.29, 0.717) is 6.54 Å². The van der Waals surface area contributed by atoms with Gasteiger partial charge in [-0.2, -0.15) is 5.10 Å². The van der Waals surface area contributed by atoms with E-state index in [1.54, 1.807) is 11.3 Å². The summed E-state index contributed by atoms with van der Waals surface area (Å²) in [6.45, 7) is 2.02. The van der Waals surface area contributed by atoms with Crippen LogP contribution in [0, 0.1) is 0 Å². The van der Waals surface area contributed by atoms with Crippen molar-refractivity contribution in [1.82, 2.24) is 15.1 Å². The lowest BCUT2D eigenvalue weighted by molar-refractivity contribution is 0.0952. The van der Waals surface area contributed by atoms with Gasteiger partial charge in [-0.3, -0.25) is 4.79 Å². The molecule has 3 aromatic rings. The molecule has 5 nitrogen and oxygen atoms in total. The molecule has 0 unspecified atom stereocenters. The first-order valence-corrected chi connectivity index (χ1v) is 8.13. The molecule has 1 aliphatic rings. The summed E-state index contributed by atoms with van der Waals surface area (Å²) in [5, 5.41) is 10.3. The van der Waals surface area contributed by atoms with E-state index in [2.05, 4.69) is 10.4 Å². The zero-order chi connectivity index (χ0) is 14.9. The quantitative estimate of drug-likeness (QED) is 0.809. The Morgan fingerprint density at radius 2 is 2.32 bits per heavy atom. The second kappa shape index (κ2) is 5.46. The molecule has 0 fully saturated rings. The van der Waals surface area contributed by atoms with Gasteiger partial charge < -0.3 is 10.1 Å². The van der Waals surface area contributed by atoms with E-state index in [0.717, 1.165) is 46.8 Å². The van der Waals surface area contributed by atoms with Crippen molar-refractivity contribution >= 4 is 27.3 Å². The molecule has 0 spiro atoms. The van der Waals surface area contributed by atoms with Crippen molar-refractivity contribution in [2.24, 2.45) is 0 Å². The fraction of sp³-hybridized carbons (Fsp3) is 0.250. The van der Waals surface area contributed by atoms with Crippen LogP contribution >= 0.6 is 11.3 Å². The maximum Gasteiger partial charge on any atom is 0.253 e. The van der Waals surface area contributed by atoms with Crippen LogP contribution in [0.3, 0.4) is 0 Å². The highest BCUT2D eigenvalue weighted by Crippen LogP contribution is 2.25. The summed E-state index contributed by atoms with van der Waals surface area (Å²) in [6, 6.07) is 9.83. The number of aryl methyl sites for hydroxylation is 1. The van der Waals surface area contributed by atoms with Crippen LogP contribution in [0.5, 0.6) is 5.88 Å². The Kier molecular flexibility index (Phi) is 3.31. The minimum absolute atomic E-state index is 0.0654. The summed E-state index contributed by atoms with van der Waals surface area (Å²) in [7, 11) is 0. The molecule has 2 aromatic heterocycles. The van der Waals surface area contributed by atoms with Gasteiger partial charge in [0.05, 0.1) is 24.4 Å². The van der Waals surface area contributed by atoms with E-state index in [1.807, 2.05) is 40.4 Å². The number of nitrogens with zero attached hydrogens (tertiary/aromatic N) is 2. The molecule has 0 bridgehead atoms. The number of carbonyl (C=O) groups excluding carboxylic acids is 1. The highest BCUT2D eigenvalue weighted by molar-refractivity contribution is 7.17. The van der Waals surface area contributed by atoms with Gasteiger partial charge in [0.1, 0.15) is 0 Å². The summed E-state index contributed by atoms with van der Waals surface area (Å²) in [6.07, 6.45) is 0.974. The third-order valence-electron chi connectivity index (χ3n) is 3.71. The maximum absolute atomic E-state index is 12.4. The van der Waals surface area contributed by atoms with Gasteiger partial charge in [-0.25, -0.2) is 4.68 Å². The van der Waals surface area contributed by atoms with E-state index >= 15 is 0 Å². The molecule has 4 rings (SSSR count). The van der Waals surface area contributed by atoms with Crippen molar-refractivity contribution in [1.29, 1.82) is 0 Å². The standard InChI is InChI=1S/C16H15N3O2S/c20-16(13-10-22-14-5-2-1-4-12(13)14)17-9-11-8-15-19(18-11)6-3-7-21-15/h1-2,4-5,8,10H,3,6-7,9H2,(H,17,20). The summed E-state index contributed by atoms with van der Waals surface area (Å²) >= 11 is 1.59. The number of hydrogen-bond acceptors (Lipinski definition) is 4. The van der Waals surface area contributed by atoms with Gasteiger partial charge in [-0.15, -0.1) is 11.3 Å². The maximum atomic E-state index is 12.4. The van der Waals surface area contributed by atoms with Gasteiger partial charge in [-0.1, -0.05) is 18.2 Å². The Balaban J connectivity index is 1.49. The predicted molar refractivity (Wildman–Crippen MR) is 85.3 cm³/mol. The van der Waals surface area contributed by atoms with E-state index in [9.17, 15) is 4.79 Å². The first kappa shape index (κ1) is 13.3. The van der Waals surface area contributed by atoms with E-state index < -0.39 is 0 Å². The van der Waals surface area contributed by atoms with E-state index in [-0.39, 0.29) is 5.91 Å². The van der Waals surface area contributed by atoms with Gasteiger partial charge in [0, 0.05) is 34.5 Å². The molecular formula is C16H15N3O2S. The Hall–Kier alpha value is -2.34. The molecule has 1 aliphatic heterocycles. The number of nitrogens with one attached hydrogen (secondary N) is 1. The molecular weight excluding hydrogens is 298 g/mol. The summed E-state index contributed by atoms with van der Waals surface area (Å²) < 4.78 is 8.51. The molecule has 0 saturated carbocycles. The smallest absolute Gasteiger partial charge is 0.253 e. The fourth-order valence-corrected chi connectivity index (χ4v) is 3.56. The second-order valence-corrected chi connectivity index (χ2v) is 6.14. The number of aromatic nitrogens is 2. The third kappa shape index (κ3) is 2.35. The van der Waals surface area contributed by atoms with Crippen LogP contribution in [0.1, 0.15) is 22.5 Å². The Morgan fingerprint density at radius 3 is 3.23 bits per heavy atom. The first-order chi connectivity index (χ1) is 10.8. The van der Waals surface area contributed by atoms with Gasteiger partial charge in [-0.05, 0) is 6.07 Å². The first-order valence-electron chi connectivity index (χ1n) is 7.25. The number of carbonyl (C=O) groups is 1. The number of fused-ring (bicyclic) bond motifs is 2. The monoisotopic (exact) mass is 313 g/mol. The molecule has 1 aromatic carbocycles. The fourth-order valence-electron chi connectivity index (χ4n) is 2.62. The zero-order valence-electron chi connectivity index (χ0n) is 11.9. The van der Waals surface area contributed by atoms with E-state index in [1.165, 1.54) is 0 Å². The van der Waals surface area contributed by atoms with Crippen LogP contribution < -0.4 is 10.1 Å². The lowest BCUT2D eigenvalue weighted by Gasteiger charge is -2.13. The van der Waals surface area contributed by atoms with Crippen molar-refractivity contribution in [3.8, 4) is 5.88 Å². The third-order valence-corrected chi connectivity index (χ3v) is 4.68. The number of amides is 1. The summed E-state index contributed by atoms with van der Waals surface area (Å²) in [5.41, 5.74) is 1.55. The molecule has 1 amide bonds. The predicted octanol–water partition coefficient (Wildman–Crippen LogP) is 2.81. The van der Waals surface area contributed by atoms with Crippen LogP contribution in [-0.4, -0.2) is 22.3 Å². The van der Waals surface area contributed by atoms with Crippen molar-refractivity contribution in [3.63, 3.8) is 0 Å². The number of hydrogen-bond donors (Lipinski definition) is 1. The summed E-state index contributed by atoms with van der Waals surface area (Å²) in [5.74, 6) is 0.723. The van der Waals surface area contributed by atoms with Gasteiger partial charge in [0.2, 0.25) is 5.88 Å². The Labute approximate surface area is 131 Å². The molecule has 0 saturated heterocycles. The molecule has 6 heteroatoms. The zero-order valence-corrected chi connectivity index (χ0v) is 12.7. The molecule has 0 radical (unpaired) electrons.